The lowest BCUT2D eigenvalue weighted by Gasteiger charge is -2.33. The molecule has 1 N–H and O–H groups in total. The molecule has 0 aliphatic heterocycles. The van der Waals surface area contributed by atoms with E-state index in [-0.39, 0.29) is 30.8 Å². The monoisotopic (exact) mass is 575 g/mol. The highest BCUT2D eigenvalue weighted by Crippen LogP contribution is 2.29. The Labute approximate surface area is 239 Å². The normalized spacial score (nSPS) is 15.0. The Kier molecular flexibility index (Phi) is 11.2. The van der Waals surface area contributed by atoms with Crippen molar-refractivity contribution in [2.75, 3.05) is 17.1 Å². The topological polar surface area (TPSA) is 86.8 Å². The van der Waals surface area contributed by atoms with Crippen LogP contribution in [-0.2, 0) is 26.2 Å². The Hall–Kier alpha value is -2.58. The van der Waals surface area contributed by atoms with Crippen LogP contribution in [0.1, 0.15) is 75.0 Å². The van der Waals surface area contributed by atoms with Crippen molar-refractivity contribution in [1.29, 1.82) is 0 Å². The molecule has 0 unspecified atom stereocenters. The quantitative estimate of drug-likeness (QED) is 0.349. The van der Waals surface area contributed by atoms with E-state index in [1.54, 1.807) is 30.0 Å². The van der Waals surface area contributed by atoms with Gasteiger partial charge in [0.1, 0.15) is 6.04 Å². The third-order valence-corrected chi connectivity index (χ3v) is 9.19. The molecule has 1 aliphatic carbocycles. The first kappa shape index (κ1) is 31.0. The van der Waals surface area contributed by atoms with Crippen molar-refractivity contribution < 1.29 is 18.0 Å². The molecule has 1 atom stereocenters. The zero-order valence-electron chi connectivity index (χ0n) is 23.6. The molecule has 0 radical (unpaired) electrons. The van der Waals surface area contributed by atoms with Gasteiger partial charge in [0.05, 0.1) is 11.9 Å². The summed E-state index contributed by atoms with van der Waals surface area (Å²) in [6.45, 7) is 6.16. The summed E-state index contributed by atoms with van der Waals surface area (Å²) in [6, 6.07) is 12.6. The van der Waals surface area contributed by atoms with E-state index >= 15 is 0 Å². The van der Waals surface area contributed by atoms with E-state index in [2.05, 4.69) is 5.32 Å². The fourth-order valence-electron chi connectivity index (χ4n) is 5.28. The lowest BCUT2D eigenvalue weighted by Crippen LogP contribution is -2.51. The fourth-order valence-corrected chi connectivity index (χ4v) is 6.47. The molecule has 9 heteroatoms. The van der Waals surface area contributed by atoms with Crippen molar-refractivity contribution in [3.05, 3.63) is 64.2 Å². The van der Waals surface area contributed by atoms with Crippen molar-refractivity contribution in [3.8, 4) is 0 Å². The van der Waals surface area contributed by atoms with Gasteiger partial charge >= 0.3 is 0 Å². The molecule has 0 heterocycles. The average molecular weight is 576 g/mol. The predicted octanol–water partition coefficient (Wildman–Crippen LogP) is 5.76. The second-order valence-corrected chi connectivity index (χ2v) is 12.9. The maximum absolute atomic E-state index is 13.7. The van der Waals surface area contributed by atoms with E-state index in [0.717, 1.165) is 43.1 Å². The number of amides is 2. The van der Waals surface area contributed by atoms with E-state index in [9.17, 15) is 18.0 Å². The lowest BCUT2D eigenvalue weighted by atomic mass is 9.95. The second-order valence-electron chi connectivity index (χ2n) is 10.5. The molecular weight excluding hydrogens is 534 g/mol. The predicted molar refractivity (Wildman–Crippen MR) is 158 cm³/mol. The van der Waals surface area contributed by atoms with Gasteiger partial charge in [0.2, 0.25) is 21.8 Å². The molecule has 214 valence electrons. The summed E-state index contributed by atoms with van der Waals surface area (Å²) in [5.41, 5.74) is 3.22. The molecule has 2 aromatic carbocycles. The first-order valence-corrected chi connectivity index (χ1v) is 16.1. The zero-order chi connectivity index (χ0) is 28.6. The smallest absolute Gasteiger partial charge is 0.243 e. The summed E-state index contributed by atoms with van der Waals surface area (Å²) in [7, 11) is -3.59. The van der Waals surface area contributed by atoms with E-state index in [0.29, 0.717) is 35.7 Å². The van der Waals surface area contributed by atoms with Crippen LogP contribution in [0.2, 0.25) is 5.02 Å². The second kappa shape index (κ2) is 14.2. The van der Waals surface area contributed by atoms with Crippen LogP contribution in [-0.4, -0.2) is 50.0 Å². The number of halogens is 1. The van der Waals surface area contributed by atoms with Gasteiger partial charge in [0.25, 0.3) is 0 Å². The number of nitrogens with one attached hydrogen (secondary N) is 1. The SMILES string of the molecule is CC[C@@H](C(=O)NC1CCCCC1)N(Cc1ccccc1C)C(=O)CCCN(c1cccc(Cl)c1C)S(C)(=O)=O. The Morgan fingerprint density at radius 3 is 2.38 bits per heavy atom. The van der Waals surface area contributed by atoms with Gasteiger partial charge in [-0.2, -0.15) is 0 Å². The summed E-state index contributed by atoms with van der Waals surface area (Å²) in [5, 5.41) is 3.68. The zero-order valence-corrected chi connectivity index (χ0v) is 25.2. The number of aryl methyl sites for hydroxylation is 1. The Morgan fingerprint density at radius 1 is 1.05 bits per heavy atom. The van der Waals surface area contributed by atoms with Crippen LogP contribution in [0.15, 0.2) is 42.5 Å². The number of hydrogen-bond acceptors (Lipinski definition) is 4. The molecule has 2 amide bonds. The molecule has 0 bridgehead atoms. The summed E-state index contributed by atoms with van der Waals surface area (Å²) < 4.78 is 26.6. The van der Waals surface area contributed by atoms with Gasteiger partial charge in [-0.1, -0.05) is 68.1 Å². The third-order valence-electron chi connectivity index (χ3n) is 7.60. The number of benzene rings is 2. The maximum atomic E-state index is 13.7. The van der Waals surface area contributed by atoms with Crippen molar-refractivity contribution in [2.45, 2.75) is 90.8 Å². The van der Waals surface area contributed by atoms with Gasteiger partial charge in [-0.3, -0.25) is 13.9 Å². The molecule has 0 aromatic heterocycles. The summed E-state index contributed by atoms with van der Waals surface area (Å²) in [6.07, 6.45) is 7.42. The minimum Gasteiger partial charge on any atom is -0.352 e. The number of anilines is 1. The summed E-state index contributed by atoms with van der Waals surface area (Å²) >= 11 is 6.25. The van der Waals surface area contributed by atoms with Gasteiger partial charge in [0.15, 0.2) is 0 Å². The highest BCUT2D eigenvalue weighted by atomic mass is 35.5. The average Bonchev–Trinajstić information content (AvgIpc) is 2.89. The summed E-state index contributed by atoms with van der Waals surface area (Å²) in [4.78, 5) is 28.8. The summed E-state index contributed by atoms with van der Waals surface area (Å²) in [5.74, 6) is -0.279. The van der Waals surface area contributed by atoms with Crippen LogP contribution in [0.5, 0.6) is 0 Å². The molecule has 0 saturated heterocycles. The fraction of sp³-hybridized carbons (Fsp3) is 0.533. The van der Waals surface area contributed by atoms with Crippen molar-refractivity contribution in [3.63, 3.8) is 0 Å². The number of carbonyl (C=O) groups excluding carboxylic acids is 2. The van der Waals surface area contributed by atoms with Crippen LogP contribution in [0, 0.1) is 13.8 Å². The van der Waals surface area contributed by atoms with Crippen molar-refractivity contribution >= 4 is 39.1 Å². The number of rotatable bonds is 12. The number of nitrogens with zero attached hydrogens (tertiary/aromatic N) is 2. The van der Waals surface area contributed by atoms with Crippen LogP contribution in [0.3, 0.4) is 0 Å². The van der Waals surface area contributed by atoms with Crippen LogP contribution in [0.25, 0.3) is 0 Å². The largest absolute Gasteiger partial charge is 0.352 e. The molecule has 1 aliphatic rings. The highest BCUT2D eigenvalue weighted by molar-refractivity contribution is 7.92. The van der Waals surface area contributed by atoms with Crippen LogP contribution in [0.4, 0.5) is 5.69 Å². The Morgan fingerprint density at radius 2 is 1.74 bits per heavy atom. The van der Waals surface area contributed by atoms with Gasteiger partial charge in [-0.05, 0) is 68.4 Å². The molecule has 39 heavy (non-hydrogen) atoms. The van der Waals surface area contributed by atoms with E-state index in [4.69, 9.17) is 11.6 Å². The molecule has 2 aromatic rings. The minimum atomic E-state index is -3.59. The lowest BCUT2D eigenvalue weighted by molar-refractivity contribution is -0.141. The van der Waals surface area contributed by atoms with E-state index < -0.39 is 16.1 Å². The van der Waals surface area contributed by atoms with Crippen molar-refractivity contribution in [2.24, 2.45) is 0 Å². The molecule has 1 fully saturated rings. The molecule has 0 spiro atoms. The standard InChI is InChI=1S/C30H42ClN3O4S/c1-5-27(30(36)32-25-15-7-6-8-16-25)33(21-24-14-10-9-13-22(24)2)29(35)19-12-20-34(39(4,37)38)28-18-11-17-26(31)23(28)3/h9-11,13-14,17-18,25,27H,5-8,12,15-16,19-21H2,1-4H3,(H,32,36)/t27-/m0/s1. The first-order chi connectivity index (χ1) is 18.5. The van der Waals surface area contributed by atoms with Gasteiger partial charge < -0.3 is 10.2 Å². The van der Waals surface area contributed by atoms with Gasteiger partial charge in [0, 0.05) is 30.6 Å². The number of sulfonamides is 1. The Bertz CT molecular complexity index is 1240. The number of carbonyl (C=O) groups is 2. The van der Waals surface area contributed by atoms with E-state index in [1.165, 1.54) is 10.7 Å². The van der Waals surface area contributed by atoms with Crippen LogP contribution >= 0.6 is 11.6 Å². The van der Waals surface area contributed by atoms with Crippen molar-refractivity contribution in [1.82, 2.24) is 10.2 Å². The molecular formula is C30H42ClN3O4S. The number of hydrogen-bond donors (Lipinski definition) is 1. The van der Waals surface area contributed by atoms with Gasteiger partial charge in [-0.25, -0.2) is 8.42 Å². The van der Waals surface area contributed by atoms with E-state index in [1.807, 2.05) is 38.1 Å². The minimum absolute atomic E-state index is 0.112. The molecule has 3 rings (SSSR count). The first-order valence-electron chi connectivity index (χ1n) is 13.9. The Balaban J connectivity index is 1.79. The van der Waals surface area contributed by atoms with Crippen LogP contribution < -0.4 is 9.62 Å². The maximum Gasteiger partial charge on any atom is 0.243 e. The molecule has 1 saturated carbocycles. The van der Waals surface area contributed by atoms with Gasteiger partial charge in [-0.15, -0.1) is 0 Å². The molecule has 7 nitrogen and oxygen atoms in total. The highest BCUT2D eigenvalue weighted by Gasteiger charge is 2.31. The third kappa shape index (κ3) is 8.45.